The molecule has 24 heavy (non-hydrogen) atoms. The summed E-state index contributed by atoms with van der Waals surface area (Å²) in [5.74, 6) is 0.415. The lowest BCUT2D eigenvalue weighted by atomic mass is 9.86. The summed E-state index contributed by atoms with van der Waals surface area (Å²) < 4.78 is 11.0. The summed E-state index contributed by atoms with van der Waals surface area (Å²) in [5, 5.41) is 14.7. The molecule has 1 saturated carbocycles. The van der Waals surface area contributed by atoms with Crippen molar-refractivity contribution in [3.05, 3.63) is 23.8 Å². The number of aliphatic carboxylic acids is 1. The van der Waals surface area contributed by atoms with Gasteiger partial charge < -0.3 is 25.2 Å². The summed E-state index contributed by atoms with van der Waals surface area (Å²) in [6, 6.07) is 5.42. The van der Waals surface area contributed by atoms with E-state index in [2.05, 4.69) is 10.6 Å². The number of hydrogen-bond acceptors (Lipinski definition) is 4. The number of rotatable bonds is 4. The van der Waals surface area contributed by atoms with Gasteiger partial charge in [-0.1, -0.05) is 6.07 Å². The molecule has 1 aromatic carbocycles. The summed E-state index contributed by atoms with van der Waals surface area (Å²) in [4.78, 5) is 22.9. The van der Waals surface area contributed by atoms with Crippen molar-refractivity contribution >= 4 is 12.0 Å². The number of ether oxygens (including phenoxy) is 2. The van der Waals surface area contributed by atoms with Crippen LogP contribution in [0.5, 0.6) is 11.5 Å². The Hall–Kier alpha value is -2.44. The first-order valence-corrected chi connectivity index (χ1v) is 8.27. The number of carboxylic acid groups (broad SMARTS) is 1. The number of carbonyl (C=O) groups is 2. The Morgan fingerprint density at radius 1 is 1.08 bits per heavy atom. The summed E-state index contributed by atoms with van der Waals surface area (Å²) in [6.07, 6.45) is 2.63. The summed E-state index contributed by atoms with van der Waals surface area (Å²) in [6.45, 7) is 1.48. The number of hydrogen-bond donors (Lipinski definition) is 3. The highest BCUT2D eigenvalue weighted by Gasteiger charge is 2.26. The van der Waals surface area contributed by atoms with Crippen LogP contribution in [0.1, 0.15) is 31.2 Å². The van der Waals surface area contributed by atoms with Crippen LogP contribution in [0.3, 0.4) is 0 Å². The van der Waals surface area contributed by atoms with Crippen LogP contribution in [-0.4, -0.2) is 36.4 Å². The molecule has 1 fully saturated rings. The van der Waals surface area contributed by atoms with Gasteiger partial charge in [0, 0.05) is 12.6 Å². The second kappa shape index (κ2) is 7.42. The highest BCUT2D eigenvalue weighted by Crippen LogP contribution is 2.30. The van der Waals surface area contributed by atoms with Crippen LogP contribution in [0.2, 0.25) is 0 Å². The van der Waals surface area contributed by atoms with Gasteiger partial charge in [0.25, 0.3) is 0 Å². The fraction of sp³-hybridized carbons (Fsp3) is 0.529. The Morgan fingerprint density at radius 2 is 1.79 bits per heavy atom. The molecule has 0 saturated heterocycles. The standard InChI is InChI=1S/C17H22N2O5/c20-16(21)12-2-4-13(5-3-12)19-17(22)18-10-11-1-6-14-15(9-11)24-8-7-23-14/h1,6,9,12-13H,2-5,7-8,10H2,(H,20,21)(H2,18,19,22). The molecule has 7 heteroatoms. The predicted molar refractivity (Wildman–Crippen MR) is 86.2 cm³/mol. The van der Waals surface area contributed by atoms with Gasteiger partial charge in [0.2, 0.25) is 0 Å². The van der Waals surface area contributed by atoms with E-state index in [0.29, 0.717) is 51.2 Å². The Balaban J connectivity index is 1.44. The van der Waals surface area contributed by atoms with E-state index in [0.717, 1.165) is 11.3 Å². The van der Waals surface area contributed by atoms with E-state index in [1.54, 1.807) is 0 Å². The molecule has 0 aromatic heterocycles. The van der Waals surface area contributed by atoms with E-state index in [4.69, 9.17) is 14.6 Å². The fourth-order valence-electron chi connectivity index (χ4n) is 3.10. The van der Waals surface area contributed by atoms with Crippen molar-refractivity contribution in [2.75, 3.05) is 13.2 Å². The van der Waals surface area contributed by atoms with Gasteiger partial charge in [-0.25, -0.2) is 4.79 Å². The van der Waals surface area contributed by atoms with Crippen LogP contribution >= 0.6 is 0 Å². The summed E-state index contributed by atoms with van der Waals surface area (Å²) in [7, 11) is 0. The molecule has 3 rings (SSSR count). The smallest absolute Gasteiger partial charge is 0.315 e. The monoisotopic (exact) mass is 334 g/mol. The van der Waals surface area contributed by atoms with Crippen molar-refractivity contribution in [1.82, 2.24) is 10.6 Å². The normalized spacial score (nSPS) is 22.5. The SMILES string of the molecule is O=C(NCc1ccc2c(c1)OCCO2)NC1CCC(C(=O)O)CC1. The third-order valence-electron chi connectivity index (χ3n) is 4.47. The highest BCUT2D eigenvalue weighted by molar-refractivity contribution is 5.74. The van der Waals surface area contributed by atoms with Crippen LogP contribution in [0, 0.1) is 5.92 Å². The molecule has 2 aliphatic rings. The molecular weight excluding hydrogens is 312 g/mol. The average molecular weight is 334 g/mol. The molecule has 0 bridgehead atoms. The minimum Gasteiger partial charge on any atom is -0.486 e. The van der Waals surface area contributed by atoms with Crippen molar-refractivity contribution in [1.29, 1.82) is 0 Å². The van der Waals surface area contributed by atoms with Gasteiger partial charge in [-0.2, -0.15) is 0 Å². The van der Waals surface area contributed by atoms with E-state index in [1.165, 1.54) is 0 Å². The number of urea groups is 1. The molecule has 0 unspecified atom stereocenters. The summed E-state index contributed by atoms with van der Waals surface area (Å²) >= 11 is 0. The van der Waals surface area contributed by atoms with Crippen molar-refractivity contribution in [3.63, 3.8) is 0 Å². The third-order valence-corrected chi connectivity index (χ3v) is 4.47. The summed E-state index contributed by atoms with van der Waals surface area (Å²) in [5.41, 5.74) is 0.934. The van der Waals surface area contributed by atoms with Crippen LogP contribution in [0.25, 0.3) is 0 Å². The second-order valence-electron chi connectivity index (χ2n) is 6.19. The van der Waals surface area contributed by atoms with E-state index >= 15 is 0 Å². The van der Waals surface area contributed by atoms with Gasteiger partial charge in [-0.05, 0) is 43.4 Å². The number of benzene rings is 1. The zero-order chi connectivity index (χ0) is 16.9. The Labute approximate surface area is 140 Å². The highest BCUT2D eigenvalue weighted by atomic mass is 16.6. The topological polar surface area (TPSA) is 96.9 Å². The molecule has 7 nitrogen and oxygen atoms in total. The van der Waals surface area contributed by atoms with E-state index < -0.39 is 5.97 Å². The van der Waals surface area contributed by atoms with Gasteiger partial charge in [0.1, 0.15) is 13.2 Å². The van der Waals surface area contributed by atoms with Crippen molar-refractivity contribution in [2.24, 2.45) is 5.92 Å². The molecule has 1 aliphatic heterocycles. The maximum atomic E-state index is 12.0. The lowest BCUT2D eigenvalue weighted by Gasteiger charge is -2.26. The van der Waals surface area contributed by atoms with E-state index in [1.807, 2.05) is 18.2 Å². The Kier molecular flexibility index (Phi) is 5.08. The lowest BCUT2D eigenvalue weighted by molar-refractivity contribution is -0.142. The molecule has 2 amide bonds. The van der Waals surface area contributed by atoms with Crippen molar-refractivity contribution in [3.8, 4) is 11.5 Å². The van der Waals surface area contributed by atoms with Crippen molar-refractivity contribution < 1.29 is 24.2 Å². The first-order chi connectivity index (χ1) is 11.6. The average Bonchev–Trinajstić information content (AvgIpc) is 2.60. The number of fused-ring (bicyclic) bond motifs is 1. The quantitative estimate of drug-likeness (QED) is 0.781. The van der Waals surface area contributed by atoms with Gasteiger partial charge >= 0.3 is 12.0 Å². The number of amides is 2. The van der Waals surface area contributed by atoms with Crippen molar-refractivity contribution in [2.45, 2.75) is 38.3 Å². The number of carboxylic acids is 1. The van der Waals surface area contributed by atoms with Gasteiger partial charge in [-0.15, -0.1) is 0 Å². The van der Waals surface area contributed by atoms with Gasteiger partial charge in [0.15, 0.2) is 11.5 Å². The Bertz CT molecular complexity index is 611. The fourth-order valence-corrected chi connectivity index (χ4v) is 3.10. The first-order valence-electron chi connectivity index (χ1n) is 8.27. The van der Waals surface area contributed by atoms with E-state index in [-0.39, 0.29) is 18.0 Å². The molecular formula is C17H22N2O5. The van der Waals surface area contributed by atoms with Crippen LogP contribution in [0.4, 0.5) is 4.79 Å². The lowest BCUT2D eigenvalue weighted by Crippen LogP contribution is -2.43. The molecule has 1 heterocycles. The van der Waals surface area contributed by atoms with Crippen LogP contribution in [-0.2, 0) is 11.3 Å². The first kappa shape index (κ1) is 16.4. The molecule has 130 valence electrons. The Morgan fingerprint density at radius 3 is 2.50 bits per heavy atom. The molecule has 1 aliphatic carbocycles. The van der Waals surface area contributed by atoms with Gasteiger partial charge in [-0.3, -0.25) is 4.79 Å². The molecule has 0 atom stereocenters. The zero-order valence-electron chi connectivity index (χ0n) is 13.4. The molecule has 0 radical (unpaired) electrons. The largest absolute Gasteiger partial charge is 0.486 e. The van der Waals surface area contributed by atoms with Crippen LogP contribution in [0.15, 0.2) is 18.2 Å². The van der Waals surface area contributed by atoms with Gasteiger partial charge in [0.05, 0.1) is 5.92 Å². The van der Waals surface area contributed by atoms with Crippen LogP contribution < -0.4 is 20.1 Å². The molecule has 3 N–H and O–H groups in total. The minimum absolute atomic E-state index is 0.0425. The predicted octanol–water partition coefficient (Wildman–Crippen LogP) is 1.90. The molecule has 1 aromatic rings. The third kappa shape index (κ3) is 4.10. The van der Waals surface area contributed by atoms with E-state index in [9.17, 15) is 9.59 Å². The maximum absolute atomic E-state index is 12.0. The maximum Gasteiger partial charge on any atom is 0.315 e. The minimum atomic E-state index is -0.739. The molecule has 0 spiro atoms. The second-order valence-corrected chi connectivity index (χ2v) is 6.19. The number of carbonyl (C=O) groups excluding carboxylic acids is 1. The zero-order valence-corrected chi connectivity index (χ0v) is 13.4. The number of nitrogens with one attached hydrogen (secondary N) is 2.